The van der Waals surface area contributed by atoms with Gasteiger partial charge in [-0.2, -0.15) is 14.7 Å². The molecule has 0 aliphatic heterocycles. The van der Waals surface area contributed by atoms with E-state index in [4.69, 9.17) is 0 Å². The van der Waals surface area contributed by atoms with Gasteiger partial charge in [-0.25, -0.2) is 0 Å². The third kappa shape index (κ3) is 3.50. The molecule has 0 aliphatic carbocycles. The standard InChI is InChI=1S/C16H13F3N6OS/c1-9-12(8-20-24(9)2)14-23-25-13(21-22-15(25)27-14)7-10-4-3-5-11(6-10)26-16(17,18)19/h3-6,8H,7H2,1-2H3. The average molecular weight is 394 g/mol. The van der Waals surface area contributed by atoms with E-state index in [-0.39, 0.29) is 12.2 Å². The number of benzene rings is 1. The van der Waals surface area contributed by atoms with Crippen LogP contribution in [0, 0.1) is 6.92 Å². The van der Waals surface area contributed by atoms with Gasteiger partial charge in [0.25, 0.3) is 0 Å². The lowest BCUT2D eigenvalue weighted by atomic mass is 10.1. The Morgan fingerprint density at radius 1 is 1.22 bits per heavy atom. The van der Waals surface area contributed by atoms with Crippen LogP contribution in [0.2, 0.25) is 0 Å². The van der Waals surface area contributed by atoms with Gasteiger partial charge in [-0.15, -0.1) is 23.4 Å². The molecule has 0 unspecified atom stereocenters. The lowest BCUT2D eigenvalue weighted by Gasteiger charge is -2.09. The van der Waals surface area contributed by atoms with Gasteiger partial charge in [0.05, 0.1) is 11.8 Å². The molecule has 0 atom stereocenters. The normalized spacial score (nSPS) is 12.0. The van der Waals surface area contributed by atoms with Gasteiger partial charge in [-0.05, 0) is 24.6 Å². The lowest BCUT2D eigenvalue weighted by Crippen LogP contribution is -2.17. The van der Waals surface area contributed by atoms with Crippen molar-refractivity contribution in [2.24, 2.45) is 7.05 Å². The van der Waals surface area contributed by atoms with Crippen molar-refractivity contribution in [1.82, 2.24) is 29.6 Å². The summed E-state index contributed by atoms with van der Waals surface area (Å²) in [5.41, 5.74) is 2.48. The molecule has 0 saturated carbocycles. The molecule has 3 aromatic heterocycles. The maximum atomic E-state index is 12.4. The molecule has 7 nitrogen and oxygen atoms in total. The van der Waals surface area contributed by atoms with E-state index in [1.54, 1.807) is 21.5 Å². The van der Waals surface area contributed by atoms with Crippen LogP contribution in [0.15, 0.2) is 30.5 Å². The first-order valence-corrected chi connectivity index (χ1v) is 8.66. The Morgan fingerprint density at radius 2 is 2.04 bits per heavy atom. The minimum Gasteiger partial charge on any atom is -0.406 e. The minimum atomic E-state index is -4.73. The van der Waals surface area contributed by atoms with Gasteiger partial charge >= 0.3 is 6.36 Å². The van der Waals surface area contributed by atoms with Crippen molar-refractivity contribution in [1.29, 1.82) is 0 Å². The summed E-state index contributed by atoms with van der Waals surface area (Å²) in [4.78, 5) is 0.603. The molecule has 0 N–H and O–H groups in total. The number of aryl methyl sites for hydroxylation is 1. The van der Waals surface area contributed by atoms with E-state index in [0.29, 0.717) is 16.3 Å². The van der Waals surface area contributed by atoms with Crippen LogP contribution in [0.5, 0.6) is 5.75 Å². The van der Waals surface area contributed by atoms with Gasteiger partial charge in [-0.1, -0.05) is 23.5 Å². The molecular weight excluding hydrogens is 381 g/mol. The van der Waals surface area contributed by atoms with Crippen LogP contribution in [0.4, 0.5) is 13.2 Å². The summed E-state index contributed by atoms with van der Waals surface area (Å²) in [5, 5.41) is 17.7. The van der Waals surface area contributed by atoms with Crippen LogP contribution in [-0.4, -0.2) is 36.0 Å². The average Bonchev–Trinajstić information content (AvgIpc) is 3.24. The number of alkyl halides is 3. The highest BCUT2D eigenvalue weighted by atomic mass is 32.1. The molecular formula is C16H13F3N6OS. The zero-order valence-corrected chi connectivity index (χ0v) is 15.0. The van der Waals surface area contributed by atoms with E-state index in [2.05, 4.69) is 25.1 Å². The first kappa shape index (κ1) is 17.5. The van der Waals surface area contributed by atoms with E-state index in [1.807, 2.05) is 14.0 Å². The van der Waals surface area contributed by atoms with E-state index in [1.165, 1.54) is 29.5 Å². The Hall–Kier alpha value is -2.95. The number of hydrogen-bond donors (Lipinski definition) is 0. The van der Waals surface area contributed by atoms with Gasteiger partial charge in [0.15, 0.2) is 10.8 Å². The van der Waals surface area contributed by atoms with E-state index in [0.717, 1.165) is 16.3 Å². The van der Waals surface area contributed by atoms with Crippen molar-refractivity contribution in [3.8, 4) is 16.3 Å². The van der Waals surface area contributed by atoms with Crippen LogP contribution in [-0.2, 0) is 13.5 Å². The summed E-state index contributed by atoms with van der Waals surface area (Å²) in [6, 6.07) is 5.78. The largest absolute Gasteiger partial charge is 0.573 e. The second-order valence-electron chi connectivity index (χ2n) is 5.86. The summed E-state index contributed by atoms with van der Waals surface area (Å²) >= 11 is 1.37. The van der Waals surface area contributed by atoms with Crippen molar-refractivity contribution >= 4 is 16.3 Å². The van der Waals surface area contributed by atoms with Gasteiger partial charge < -0.3 is 4.74 Å². The smallest absolute Gasteiger partial charge is 0.406 e. The van der Waals surface area contributed by atoms with Crippen LogP contribution in [0.3, 0.4) is 0 Å². The number of hydrogen-bond acceptors (Lipinski definition) is 6. The van der Waals surface area contributed by atoms with Crippen molar-refractivity contribution in [2.75, 3.05) is 0 Å². The molecule has 0 radical (unpaired) electrons. The Morgan fingerprint density at radius 3 is 2.74 bits per heavy atom. The fourth-order valence-corrected chi connectivity index (χ4v) is 3.54. The Kier molecular flexibility index (Phi) is 4.10. The molecule has 3 heterocycles. The monoisotopic (exact) mass is 394 g/mol. The summed E-state index contributed by atoms with van der Waals surface area (Å²) in [6.45, 7) is 1.94. The van der Waals surface area contributed by atoms with Crippen LogP contribution in [0.25, 0.3) is 15.5 Å². The third-order valence-electron chi connectivity index (χ3n) is 4.02. The predicted octanol–water partition coefficient (Wildman–Crippen LogP) is 3.38. The Balaban J connectivity index is 1.63. The van der Waals surface area contributed by atoms with Crippen LogP contribution >= 0.6 is 11.3 Å². The third-order valence-corrected chi connectivity index (χ3v) is 4.95. The van der Waals surface area contributed by atoms with E-state index in [9.17, 15) is 13.2 Å². The first-order valence-electron chi connectivity index (χ1n) is 7.85. The zero-order chi connectivity index (χ0) is 19.2. The highest BCUT2D eigenvalue weighted by Gasteiger charge is 2.31. The fourth-order valence-electron chi connectivity index (χ4n) is 2.62. The summed E-state index contributed by atoms with van der Waals surface area (Å²) in [7, 11) is 1.85. The molecule has 0 amide bonds. The molecule has 4 aromatic rings. The SMILES string of the molecule is Cc1c(-c2nn3c(Cc4cccc(OC(F)(F)F)c4)nnc3s2)cnn1C. The van der Waals surface area contributed by atoms with Crippen molar-refractivity contribution < 1.29 is 17.9 Å². The number of aromatic nitrogens is 6. The maximum absolute atomic E-state index is 12.4. The molecule has 140 valence electrons. The molecule has 4 rings (SSSR count). The molecule has 0 saturated heterocycles. The number of fused-ring (bicyclic) bond motifs is 1. The van der Waals surface area contributed by atoms with E-state index < -0.39 is 6.36 Å². The summed E-state index contributed by atoms with van der Waals surface area (Å²) in [6.07, 6.45) is -2.73. The Labute approximate surface area is 155 Å². The Bertz CT molecular complexity index is 1110. The van der Waals surface area contributed by atoms with E-state index >= 15 is 0 Å². The van der Waals surface area contributed by atoms with Crippen molar-refractivity contribution in [3.63, 3.8) is 0 Å². The van der Waals surface area contributed by atoms with Crippen molar-refractivity contribution in [3.05, 3.63) is 47.5 Å². The van der Waals surface area contributed by atoms with Gasteiger partial charge in [-0.3, -0.25) is 4.68 Å². The van der Waals surface area contributed by atoms with Gasteiger partial charge in [0.2, 0.25) is 4.96 Å². The minimum absolute atomic E-state index is 0.269. The van der Waals surface area contributed by atoms with Crippen molar-refractivity contribution in [2.45, 2.75) is 19.7 Å². The molecule has 0 fully saturated rings. The quantitative estimate of drug-likeness (QED) is 0.531. The second-order valence-corrected chi connectivity index (χ2v) is 6.81. The number of halogens is 3. The zero-order valence-electron chi connectivity index (χ0n) is 14.2. The second kappa shape index (κ2) is 6.34. The first-order chi connectivity index (χ1) is 12.8. The molecule has 0 aliphatic rings. The van der Waals surface area contributed by atoms with Crippen LogP contribution < -0.4 is 4.74 Å². The number of ether oxygens (including phenoxy) is 1. The molecule has 27 heavy (non-hydrogen) atoms. The van der Waals surface area contributed by atoms with Gasteiger partial charge in [0, 0.05) is 19.2 Å². The molecule has 0 bridgehead atoms. The topological polar surface area (TPSA) is 70.1 Å². The molecule has 1 aromatic carbocycles. The fraction of sp³-hybridized carbons (Fsp3) is 0.250. The maximum Gasteiger partial charge on any atom is 0.573 e. The molecule has 11 heteroatoms. The summed E-state index contributed by atoms with van der Waals surface area (Å²) in [5.74, 6) is 0.254. The number of rotatable bonds is 4. The highest BCUT2D eigenvalue weighted by molar-refractivity contribution is 7.19. The lowest BCUT2D eigenvalue weighted by molar-refractivity contribution is -0.274. The highest BCUT2D eigenvalue weighted by Crippen LogP contribution is 2.28. The number of nitrogens with zero attached hydrogens (tertiary/aromatic N) is 6. The summed E-state index contributed by atoms with van der Waals surface area (Å²) < 4.78 is 44.5. The van der Waals surface area contributed by atoms with Crippen LogP contribution in [0.1, 0.15) is 17.1 Å². The molecule has 0 spiro atoms. The van der Waals surface area contributed by atoms with Gasteiger partial charge in [0.1, 0.15) is 5.75 Å². The predicted molar refractivity (Wildman–Crippen MR) is 91.5 cm³/mol.